The average molecular weight is 620 g/mol. The van der Waals surface area contributed by atoms with Crippen LogP contribution in [0.5, 0.6) is 0 Å². The lowest BCUT2D eigenvalue weighted by Crippen LogP contribution is -2.28. The summed E-state index contributed by atoms with van der Waals surface area (Å²) in [6.45, 7) is 11.1. The van der Waals surface area contributed by atoms with Crippen molar-refractivity contribution >= 4 is 53.4 Å². The van der Waals surface area contributed by atoms with Crippen molar-refractivity contribution in [3.05, 3.63) is 106 Å². The standard InChI is InChI=1S/C36H43ClN2OS2/c1-35(2)28-14-5-7-16-30(28)38(22-10-24-41)32(35)20-18-26-12-9-13-27(34(26)37)19-21-33-36(3,4)29-15-6-8-17-31(29)39(33)23-11-25-42-40/h5-8,14-21H,9-13,22-25H2,1-4H3,(H-,40,41)/p+1. The van der Waals surface area contributed by atoms with Gasteiger partial charge in [-0.05, 0) is 86.2 Å². The number of thiol groups is 1. The number of halogens is 1. The fourth-order valence-corrected chi connectivity index (χ4v) is 7.56. The van der Waals surface area contributed by atoms with Gasteiger partial charge < -0.3 is 9.45 Å². The number of rotatable bonds is 10. The Hall–Kier alpha value is -2.18. The van der Waals surface area contributed by atoms with Crippen molar-refractivity contribution in [1.29, 1.82) is 0 Å². The number of benzene rings is 2. The molecular weight excluding hydrogens is 576 g/mol. The zero-order chi connectivity index (χ0) is 29.9. The van der Waals surface area contributed by atoms with E-state index in [0.717, 1.165) is 73.8 Å². The second-order valence-corrected chi connectivity index (χ2v) is 14.0. The van der Waals surface area contributed by atoms with Crippen LogP contribution in [0, 0.1) is 0 Å². The maximum atomic E-state index is 9.31. The van der Waals surface area contributed by atoms with Crippen LogP contribution < -0.4 is 4.90 Å². The van der Waals surface area contributed by atoms with Crippen LogP contribution in [-0.2, 0) is 10.8 Å². The molecule has 0 spiro atoms. The molecule has 0 saturated heterocycles. The number of hydrogen-bond donors (Lipinski definition) is 2. The summed E-state index contributed by atoms with van der Waals surface area (Å²) in [7, 11) is 0. The second-order valence-electron chi connectivity index (χ2n) is 12.5. The maximum Gasteiger partial charge on any atom is 0.209 e. The normalized spacial score (nSPS) is 21.3. The third kappa shape index (κ3) is 5.95. The summed E-state index contributed by atoms with van der Waals surface area (Å²) in [4.78, 5) is 2.48. The van der Waals surface area contributed by atoms with Gasteiger partial charge in [0.05, 0.1) is 5.41 Å². The number of anilines is 1. The second kappa shape index (κ2) is 13.2. The third-order valence-corrected chi connectivity index (χ3v) is 10.4. The van der Waals surface area contributed by atoms with Gasteiger partial charge in [0, 0.05) is 58.3 Å². The molecule has 42 heavy (non-hydrogen) atoms. The van der Waals surface area contributed by atoms with Gasteiger partial charge in [0.25, 0.3) is 0 Å². The Kier molecular flexibility index (Phi) is 9.83. The first-order valence-corrected chi connectivity index (χ1v) is 17.1. The van der Waals surface area contributed by atoms with Crippen molar-refractivity contribution in [3.63, 3.8) is 0 Å². The Morgan fingerprint density at radius 2 is 1.69 bits per heavy atom. The summed E-state index contributed by atoms with van der Waals surface area (Å²) in [5, 5.41) is 0.890. The molecule has 2 heterocycles. The monoisotopic (exact) mass is 619 g/mol. The minimum atomic E-state index is -0.107. The highest BCUT2D eigenvalue weighted by Crippen LogP contribution is 2.48. The summed E-state index contributed by atoms with van der Waals surface area (Å²) in [6.07, 6.45) is 14.1. The van der Waals surface area contributed by atoms with Gasteiger partial charge in [0.15, 0.2) is 5.71 Å². The fourth-order valence-electron chi connectivity index (χ4n) is 6.85. The van der Waals surface area contributed by atoms with Crippen LogP contribution in [-0.4, -0.2) is 39.4 Å². The minimum Gasteiger partial charge on any atom is -0.344 e. The van der Waals surface area contributed by atoms with Crippen LogP contribution in [0.1, 0.15) is 70.9 Å². The largest absolute Gasteiger partial charge is 0.344 e. The molecule has 0 unspecified atom stereocenters. The molecule has 6 heteroatoms. The van der Waals surface area contributed by atoms with Gasteiger partial charge in [0.2, 0.25) is 5.69 Å². The molecule has 2 aliphatic heterocycles. The first-order chi connectivity index (χ1) is 20.2. The highest BCUT2D eigenvalue weighted by molar-refractivity contribution is 7.93. The Balaban J connectivity index is 1.48. The third-order valence-electron chi connectivity index (χ3n) is 9.10. The predicted octanol–water partition coefficient (Wildman–Crippen LogP) is 9.82. The Morgan fingerprint density at radius 1 is 0.952 bits per heavy atom. The van der Waals surface area contributed by atoms with E-state index in [9.17, 15) is 4.55 Å². The van der Waals surface area contributed by atoms with Crippen LogP contribution in [0.4, 0.5) is 11.4 Å². The summed E-state index contributed by atoms with van der Waals surface area (Å²) >= 11 is 12.6. The molecule has 0 saturated carbocycles. The van der Waals surface area contributed by atoms with E-state index in [0.29, 0.717) is 0 Å². The first-order valence-electron chi connectivity index (χ1n) is 15.2. The van der Waals surface area contributed by atoms with E-state index >= 15 is 0 Å². The molecule has 0 radical (unpaired) electrons. The van der Waals surface area contributed by atoms with Crippen molar-refractivity contribution in [2.24, 2.45) is 0 Å². The highest BCUT2D eigenvalue weighted by Gasteiger charge is 2.44. The molecule has 0 bridgehead atoms. The minimum absolute atomic E-state index is 0.0739. The topological polar surface area (TPSA) is 26.5 Å². The Bertz CT molecular complexity index is 1480. The number of para-hydroxylation sites is 2. The van der Waals surface area contributed by atoms with Gasteiger partial charge in [-0.3, -0.25) is 0 Å². The summed E-state index contributed by atoms with van der Waals surface area (Å²) < 4.78 is 11.7. The zero-order valence-corrected chi connectivity index (χ0v) is 27.8. The van der Waals surface area contributed by atoms with Crippen LogP contribution in [0.2, 0.25) is 0 Å². The van der Waals surface area contributed by atoms with Gasteiger partial charge in [-0.2, -0.15) is 17.2 Å². The summed E-state index contributed by atoms with van der Waals surface area (Å²) in [5.74, 6) is 1.60. The quantitative estimate of drug-likeness (QED) is 0.120. The molecule has 2 aromatic carbocycles. The molecule has 0 amide bonds. The average Bonchev–Trinajstić information content (AvgIpc) is 3.33. The molecular formula is C36H44ClN2OS2+. The number of allylic oxidation sites excluding steroid dienone is 8. The van der Waals surface area contributed by atoms with Crippen molar-refractivity contribution in [2.45, 2.75) is 70.6 Å². The molecule has 222 valence electrons. The molecule has 0 aromatic heterocycles. The number of hydrogen-bond acceptors (Lipinski definition) is 4. The van der Waals surface area contributed by atoms with E-state index in [-0.39, 0.29) is 10.8 Å². The van der Waals surface area contributed by atoms with Crippen molar-refractivity contribution in [1.82, 2.24) is 0 Å². The Labute approximate surface area is 267 Å². The van der Waals surface area contributed by atoms with Crippen molar-refractivity contribution in [3.8, 4) is 0 Å². The lowest BCUT2D eigenvalue weighted by atomic mass is 9.81. The molecule has 5 rings (SSSR count). The molecule has 1 aliphatic carbocycles. The molecule has 1 N–H and O–H groups in total. The van der Waals surface area contributed by atoms with E-state index < -0.39 is 0 Å². The van der Waals surface area contributed by atoms with Gasteiger partial charge in [-0.1, -0.05) is 74.0 Å². The molecule has 2 aromatic rings. The molecule has 0 fully saturated rings. The van der Waals surface area contributed by atoms with Gasteiger partial charge in [0.1, 0.15) is 6.54 Å². The fraction of sp³-hybridized carbons (Fsp3) is 0.417. The van der Waals surface area contributed by atoms with E-state index in [1.165, 1.54) is 45.1 Å². The maximum absolute atomic E-state index is 9.31. The lowest BCUT2D eigenvalue weighted by Gasteiger charge is -2.27. The highest BCUT2D eigenvalue weighted by atomic mass is 35.5. The van der Waals surface area contributed by atoms with E-state index in [4.69, 9.17) is 11.6 Å². The zero-order valence-electron chi connectivity index (χ0n) is 25.4. The Morgan fingerprint density at radius 3 is 2.45 bits per heavy atom. The summed E-state index contributed by atoms with van der Waals surface area (Å²) in [6, 6.07) is 17.5. The van der Waals surface area contributed by atoms with Gasteiger partial charge in [-0.25, -0.2) is 0 Å². The number of nitrogens with zero attached hydrogens (tertiary/aromatic N) is 2. The van der Waals surface area contributed by atoms with E-state index in [2.05, 4.69) is 123 Å². The molecule has 0 atom stereocenters. The van der Waals surface area contributed by atoms with Crippen LogP contribution in [0.15, 0.2) is 94.7 Å². The van der Waals surface area contributed by atoms with E-state index in [1.807, 2.05) is 0 Å². The lowest BCUT2D eigenvalue weighted by molar-refractivity contribution is -0.437. The van der Waals surface area contributed by atoms with Gasteiger partial charge in [-0.15, -0.1) is 0 Å². The smallest absolute Gasteiger partial charge is 0.209 e. The van der Waals surface area contributed by atoms with Gasteiger partial charge >= 0.3 is 0 Å². The number of fused-ring (bicyclic) bond motifs is 2. The van der Waals surface area contributed by atoms with E-state index in [1.54, 1.807) is 0 Å². The molecule has 3 nitrogen and oxygen atoms in total. The van der Waals surface area contributed by atoms with Crippen molar-refractivity contribution in [2.75, 3.05) is 29.5 Å². The van der Waals surface area contributed by atoms with Crippen molar-refractivity contribution < 1.29 is 9.13 Å². The summed E-state index contributed by atoms with van der Waals surface area (Å²) in [5.41, 5.74) is 10.1. The van der Waals surface area contributed by atoms with Crippen LogP contribution in [0.3, 0.4) is 0 Å². The first kappa shape index (κ1) is 31.3. The molecule has 3 aliphatic rings. The van der Waals surface area contributed by atoms with Crippen LogP contribution >= 0.6 is 36.3 Å². The predicted molar refractivity (Wildman–Crippen MR) is 186 cm³/mol. The van der Waals surface area contributed by atoms with Crippen LogP contribution in [0.25, 0.3) is 0 Å². The SMILES string of the molecule is CC1(C)C(=CC=C2CCCC(C=CC3=[N+](CCCSO)c4ccccc4C3(C)C)=C2Cl)N(CCCS)c2ccccc21.